The molecule has 0 amide bonds. The second-order valence-electron chi connectivity index (χ2n) is 4.18. The van der Waals surface area contributed by atoms with E-state index < -0.39 is 26.5 Å². The number of halogens is 1. The molecule has 0 aliphatic rings. The Kier molecular flexibility index (Phi) is 3.35. The van der Waals surface area contributed by atoms with E-state index in [1.807, 2.05) is 0 Å². The number of pyridine rings is 1. The van der Waals surface area contributed by atoms with Gasteiger partial charge in [0.15, 0.2) is 9.84 Å². The van der Waals surface area contributed by atoms with Crippen LogP contribution in [0.15, 0.2) is 18.5 Å². The van der Waals surface area contributed by atoms with Gasteiger partial charge in [-0.05, 0) is 19.9 Å². The van der Waals surface area contributed by atoms with E-state index in [0.29, 0.717) is 0 Å². The van der Waals surface area contributed by atoms with E-state index in [1.54, 1.807) is 0 Å². The minimum Gasteiger partial charge on any atom is -0.387 e. The van der Waals surface area contributed by atoms with E-state index in [9.17, 15) is 17.9 Å². The zero-order chi connectivity index (χ0) is 12.6. The lowest BCUT2D eigenvalue weighted by atomic mass is 9.99. The summed E-state index contributed by atoms with van der Waals surface area (Å²) in [7, 11) is -3.50. The van der Waals surface area contributed by atoms with Gasteiger partial charge in [-0.2, -0.15) is 0 Å². The lowest BCUT2D eigenvalue weighted by molar-refractivity contribution is 0.135. The van der Waals surface area contributed by atoms with Crippen LogP contribution in [0.5, 0.6) is 0 Å². The lowest BCUT2D eigenvalue weighted by Gasteiger charge is -2.28. The van der Waals surface area contributed by atoms with Crippen LogP contribution in [-0.2, 0) is 9.84 Å². The van der Waals surface area contributed by atoms with Crippen LogP contribution in [0.25, 0.3) is 0 Å². The molecular formula is C10H14FNO3S. The molecule has 0 fully saturated rings. The molecule has 1 unspecified atom stereocenters. The van der Waals surface area contributed by atoms with Gasteiger partial charge in [-0.1, -0.05) is 0 Å². The highest BCUT2D eigenvalue weighted by Crippen LogP contribution is 2.32. The third-order valence-corrected chi connectivity index (χ3v) is 4.85. The van der Waals surface area contributed by atoms with Gasteiger partial charge in [0.05, 0.1) is 10.9 Å². The van der Waals surface area contributed by atoms with Crippen LogP contribution in [0.1, 0.15) is 25.5 Å². The maximum atomic E-state index is 13.3. The molecular weight excluding hydrogens is 233 g/mol. The summed E-state index contributed by atoms with van der Waals surface area (Å²) in [5.41, 5.74) is -0.0644. The summed E-state index contributed by atoms with van der Waals surface area (Å²) in [6.07, 6.45) is 1.83. The van der Waals surface area contributed by atoms with Crippen molar-refractivity contribution in [3.8, 4) is 0 Å². The Morgan fingerprint density at radius 2 is 2.06 bits per heavy atom. The van der Waals surface area contributed by atoms with Crippen molar-refractivity contribution in [3.63, 3.8) is 0 Å². The van der Waals surface area contributed by atoms with E-state index in [2.05, 4.69) is 4.98 Å². The molecule has 1 atom stereocenters. The standard InChI is InChI=1S/C10H14FNO3S/c1-10(2,16(3,14)15)9(13)7-4-5-12-6-8(7)11/h4-6,9,13H,1-3H3. The first-order chi connectivity index (χ1) is 7.18. The molecule has 0 aromatic carbocycles. The van der Waals surface area contributed by atoms with Crippen molar-refractivity contribution in [2.75, 3.05) is 6.26 Å². The summed E-state index contributed by atoms with van der Waals surface area (Å²) in [6, 6.07) is 1.27. The zero-order valence-corrected chi connectivity index (χ0v) is 10.1. The fourth-order valence-electron chi connectivity index (χ4n) is 1.18. The first kappa shape index (κ1) is 13.1. The number of aliphatic hydroxyl groups excluding tert-OH is 1. The van der Waals surface area contributed by atoms with E-state index >= 15 is 0 Å². The van der Waals surface area contributed by atoms with Gasteiger partial charge >= 0.3 is 0 Å². The van der Waals surface area contributed by atoms with Gasteiger partial charge in [-0.15, -0.1) is 0 Å². The van der Waals surface area contributed by atoms with Gasteiger partial charge in [0.25, 0.3) is 0 Å². The minimum atomic E-state index is -3.50. The second kappa shape index (κ2) is 4.10. The van der Waals surface area contributed by atoms with Gasteiger partial charge in [-0.25, -0.2) is 12.8 Å². The fourth-order valence-corrected chi connectivity index (χ4v) is 1.72. The molecule has 1 N–H and O–H groups in total. The monoisotopic (exact) mass is 247 g/mol. The summed E-state index contributed by atoms with van der Waals surface area (Å²) >= 11 is 0. The highest BCUT2D eigenvalue weighted by atomic mass is 32.2. The van der Waals surface area contributed by atoms with Gasteiger partial charge in [-0.3, -0.25) is 4.98 Å². The SMILES string of the molecule is CC(C)(C(O)c1ccncc1F)S(C)(=O)=O. The molecule has 0 saturated carbocycles. The summed E-state index contributed by atoms with van der Waals surface area (Å²) in [5.74, 6) is -0.716. The fraction of sp³-hybridized carbons (Fsp3) is 0.500. The van der Waals surface area contributed by atoms with E-state index in [1.165, 1.54) is 26.1 Å². The number of sulfone groups is 1. The smallest absolute Gasteiger partial charge is 0.155 e. The van der Waals surface area contributed by atoms with Crippen LogP contribution in [0.4, 0.5) is 4.39 Å². The average molecular weight is 247 g/mol. The van der Waals surface area contributed by atoms with Gasteiger partial charge < -0.3 is 5.11 Å². The summed E-state index contributed by atoms with van der Waals surface area (Å²) in [6.45, 7) is 2.71. The van der Waals surface area contributed by atoms with Crippen molar-refractivity contribution >= 4 is 9.84 Å². The number of rotatable bonds is 3. The average Bonchev–Trinajstić information content (AvgIpc) is 2.15. The highest BCUT2D eigenvalue weighted by Gasteiger charge is 2.40. The van der Waals surface area contributed by atoms with Crippen molar-refractivity contribution in [2.24, 2.45) is 0 Å². The Bertz CT molecular complexity index is 485. The third-order valence-electron chi connectivity index (χ3n) is 2.71. The minimum absolute atomic E-state index is 0.0644. The Morgan fingerprint density at radius 1 is 1.50 bits per heavy atom. The highest BCUT2D eigenvalue weighted by molar-refractivity contribution is 7.92. The maximum Gasteiger partial charge on any atom is 0.155 e. The van der Waals surface area contributed by atoms with E-state index in [4.69, 9.17) is 0 Å². The molecule has 0 saturated heterocycles. The van der Waals surface area contributed by atoms with Gasteiger partial charge in [0.1, 0.15) is 11.9 Å². The van der Waals surface area contributed by atoms with Crippen molar-refractivity contribution in [1.82, 2.24) is 4.98 Å². The van der Waals surface area contributed by atoms with Crippen LogP contribution in [-0.4, -0.2) is 29.5 Å². The predicted octanol–water partition coefficient (Wildman–Crippen LogP) is 1.08. The normalized spacial score (nSPS) is 14.8. The largest absolute Gasteiger partial charge is 0.387 e. The number of hydrogen-bond donors (Lipinski definition) is 1. The molecule has 0 bridgehead atoms. The van der Waals surface area contributed by atoms with Crippen LogP contribution < -0.4 is 0 Å². The van der Waals surface area contributed by atoms with E-state index in [0.717, 1.165) is 12.5 Å². The van der Waals surface area contributed by atoms with Crippen LogP contribution in [0.3, 0.4) is 0 Å². The molecule has 1 aromatic heterocycles. The number of aromatic nitrogens is 1. The molecule has 6 heteroatoms. The van der Waals surface area contributed by atoms with Crippen molar-refractivity contribution < 1.29 is 17.9 Å². The summed E-state index contributed by atoms with van der Waals surface area (Å²) in [5, 5.41) is 9.92. The van der Waals surface area contributed by atoms with Crippen LogP contribution in [0, 0.1) is 5.82 Å². The van der Waals surface area contributed by atoms with Gasteiger partial charge in [0, 0.05) is 18.0 Å². The Balaban J connectivity index is 3.23. The van der Waals surface area contributed by atoms with Crippen LogP contribution >= 0.6 is 0 Å². The van der Waals surface area contributed by atoms with Crippen molar-refractivity contribution in [2.45, 2.75) is 24.7 Å². The third kappa shape index (κ3) is 2.22. The maximum absolute atomic E-state index is 13.3. The molecule has 90 valence electrons. The summed E-state index contributed by atoms with van der Waals surface area (Å²) in [4.78, 5) is 3.54. The zero-order valence-electron chi connectivity index (χ0n) is 9.31. The molecule has 0 radical (unpaired) electrons. The molecule has 1 heterocycles. The first-order valence-corrected chi connectivity index (χ1v) is 6.54. The summed E-state index contributed by atoms with van der Waals surface area (Å²) < 4.78 is 34.9. The molecule has 1 rings (SSSR count). The van der Waals surface area contributed by atoms with Crippen LogP contribution in [0.2, 0.25) is 0 Å². The Hall–Kier alpha value is -1.01. The van der Waals surface area contributed by atoms with Gasteiger partial charge in [0.2, 0.25) is 0 Å². The molecule has 0 spiro atoms. The number of aliphatic hydroxyl groups is 1. The molecule has 0 aliphatic heterocycles. The van der Waals surface area contributed by atoms with Crippen molar-refractivity contribution in [3.05, 3.63) is 29.8 Å². The number of nitrogens with zero attached hydrogens (tertiary/aromatic N) is 1. The predicted molar refractivity (Wildman–Crippen MR) is 58.1 cm³/mol. The Morgan fingerprint density at radius 3 is 2.50 bits per heavy atom. The topological polar surface area (TPSA) is 67.3 Å². The molecule has 1 aromatic rings. The lowest BCUT2D eigenvalue weighted by Crippen LogP contribution is -2.38. The second-order valence-corrected chi connectivity index (χ2v) is 6.77. The molecule has 16 heavy (non-hydrogen) atoms. The quantitative estimate of drug-likeness (QED) is 0.867. The first-order valence-electron chi connectivity index (χ1n) is 4.65. The molecule has 4 nitrogen and oxygen atoms in total. The number of hydrogen-bond acceptors (Lipinski definition) is 4. The molecule has 0 aliphatic carbocycles. The van der Waals surface area contributed by atoms with E-state index in [-0.39, 0.29) is 5.56 Å². The Labute approximate surface area is 94.1 Å². The van der Waals surface area contributed by atoms with Crippen molar-refractivity contribution in [1.29, 1.82) is 0 Å².